The second-order valence-corrected chi connectivity index (χ2v) is 6.55. The summed E-state index contributed by atoms with van der Waals surface area (Å²) in [6, 6.07) is 15.9. The summed E-state index contributed by atoms with van der Waals surface area (Å²) in [6.45, 7) is 8.27. The number of halogens is 1. The van der Waals surface area contributed by atoms with Gasteiger partial charge < -0.3 is 15.5 Å². The fourth-order valence-electron chi connectivity index (χ4n) is 2.84. The molecule has 2 aromatic carbocycles. The van der Waals surface area contributed by atoms with Crippen molar-refractivity contribution in [2.45, 2.75) is 20.8 Å². The highest BCUT2D eigenvalue weighted by Gasteiger charge is 2.06. The molecule has 3 aromatic rings. The zero-order valence-corrected chi connectivity index (χ0v) is 16.6. The minimum absolute atomic E-state index is 0.519. The molecule has 1 aromatic heterocycles. The number of anilines is 5. The fraction of sp³-hybridized carbons (Fsp3) is 0.238. The van der Waals surface area contributed by atoms with Gasteiger partial charge in [0, 0.05) is 41.4 Å². The molecule has 0 spiro atoms. The Balaban J connectivity index is 1.73. The topological polar surface area (TPSA) is 53.1 Å². The molecule has 27 heavy (non-hydrogen) atoms. The molecule has 0 radical (unpaired) electrons. The minimum Gasteiger partial charge on any atom is -0.372 e. The van der Waals surface area contributed by atoms with Gasteiger partial charge in [0.15, 0.2) is 0 Å². The summed E-state index contributed by atoms with van der Waals surface area (Å²) in [6.07, 6.45) is 1.72. The molecule has 0 aliphatic carbocycles. The molecule has 2 N–H and O–H groups in total. The smallest absolute Gasteiger partial charge is 0.229 e. The van der Waals surface area contributed by atoms with Crippen molar-refractivity contribution in [2.24, 2.45) is 0 Å². The van der Waals surface area contributed by atoms with Crippen molar-refractivity contribution in [3.05, 3.63) is 65.3 Å². The molecule has 5 nitrogen and oxygen atoms in total. The molecule has 6 heteroatoms. The SMILES string of the molecule is CCN(CC)c1ccc(Nc2ccnc(Nc3cccc(Cl)c3C)n2)cc1. The van der Waals surface area contributed by atoms with E-state index in [9.17, 15) is 0 Å². The first kappa shape index (κ1) is 19.0. The van der Waals surface area contributed by atoms with Crippen LogP contribution in [0.5, 0.6) is 0 Å². The molecule has 0 saturated carbocycles. The van der Waals surface area contributed by atoms with Crippen LogP contribution in [0.25, 0.3) is 0 Å². The van der Waals surface area contributed by atoms with Crippen molar-refractivity contribution < 1.29 is 0 Å². The van der Waals surface area contributed by atoms with Crippen molar-refractivity contribution in [3.63, 3.8) is 0 Å². The molecule has 0 amide bonds. The zero-order valence-electron chi connectivity index (χ0n) is 15.8. The van der Waals surface area contributed by atoms with E-state index < -0.39 is 0 Å². The number of hydrogen-bond acceptors (Lipinski definition) is 5. The maximum Gasteiger partial charge on any atom is 0.229 e. The quantitative estimate of drug-likeness (QED) is 0.544. The average Bonchev–Trinajstić information content (AvgIpc) is 2.68. The normalized spacial score (nSPS) is 10.5. The first-order valence-corrected chi connectivity index (χ1v) is 9.45. The Morgan fingerprint density at radius 3 is 2.41 bits per heavy atom. The predicted octanol–water partition coefficient (Wildman–Crippen LogP) is 5.77. The molecule has 140 valence electrons. The molecule has 0 saturated heterocycles. The van der Waals surface area contributed by atoms with E-state index in [0.717, 1.165) is 35.8 Å². The number of nitrogens with zero attached hydrogens (tertiary/aromatic N) is 3. The molecule has 0 unspecified atom stereocenters. The van der Waals surface area contributed by atoms with Crippen LogP contribution in [0, 0.1) is 6.92 Å². The van der Waals surface area contributed by atoms with Gasteiger partial charge >= 0.3 is 0 Å². The summed E-state index contributed by atoms with van der Waals surface area (Å²) >= 11 is 6.18. The maximum atomic E-state index is 6.18. The molecule has 1 heterocycles. The molecule has 0 aliphatic heterocycles. The molecule has 3 rings (SSSR count). The summed E-state index contributed by atoms with van der Waals surface area (Å²) in [7, 11) is 0. The van der Waals surface area contributed by atoms with Gasteiger partial charge in [-0.05, 0) is 68.8 Å². The molecular formula is C21H24ClN5. The lowest BCUT2D eigenvalue weighted by molar-refractivity contribution is 0.866. The lowest BCUT2D eigenvalue weighted by Crippen LogP contribution is -2.21. The van der Waals surface area contributed by atoms with Crippen LogP contribution in [-0.2, 0) is 0 Å². The van der Waals surface area contributed by atoms with Gasteiger partial charge in [0.1, 0.15) is 5.82 Å². The van der Waals surface area contributed by atoms with E-state index in [4.69, 9.17) is 11.6 Å². The van der Waals surface area contributed by atoms with E-state index in [1.54, 1.807) is 6.20 Å². The molecule has 0 fully saturated rings. The van der Waals surface area contributed by atoms with Gasteiger partial charge in [-0.3, -0.25) is 0 Å². The van der Waals surface area contributed by atoms with Crippen molar-refractivity contribution in [1.82, 2.24) is 9.97 Å². The number of benzene rings is 2. The second-order valence-electron chi connectivity index (χ2n) is 6.15. The Hall–Kier alpha value is -2.79. The standard InChI is InChI=1S/C21H24ClN5/c1-4-27(5-2)17-11-9-16(10-12-17)24-20-13-14-23-21(26-20)25-19-8-6-7-18(22)15(19)3/h6-14H,4-5H2,1-3H3,(H2,23,24,25,26). The Morgan fingerprint density at radius 1 is 0.963 bits per heavy atom. The lowest BCUT2D eigenvalue weighted by atomic mass is 10.2. The van der Waals surface area contributed by atoms with E-state index in [0.29, 0.717) is 11.0 Å². The van der Waals surface area contributed by atoms with Crippen LogP contribution in [-0.4, -0.2) is 23.1 Å². The fourth-order valence-corrected chi connectivity index (χ4v) is 3.02. The predicted molar refractivity (Wildman–Crippen MR) is 115 cm³/mol. The van der Waals surface area contributed by atoms with Crippen molar-refractivity contribution in [1.29, 1.82) is 0 Å². The van der Waals surface area contributed by atoms with Crippen LogP contribution in [0.2, 0.25) is 5.02 Å². The van der Waals surface area contributed by atoms with Gasteiger partial charge in [-0.25, -0.2) is 4.98 Å². The molecule has 0 atom stereocenters. The van der Waals surface area contributed by atoms with Crippen LogP contribution in [0.15, 0.2) is 54.7 Å². The minimum atomic E-state index is 0.519. The lowest BCUT2D eigenvalue weighted by Gasteiger charge is -2.21. The van der Waals surface area contributed by atoms with Crippen LogP contribution in [0.1, 0.15) is 19.4 Å². The second kappa shape index (κ2) is 8.73. The Labute approximate surface area is 165 Å². The Kier molecular flexibility index (Phi) is 6.14. The summed E-state index contributed by atoms with van der Waals surface area (Å²) < 4.78 is 0. The van der Waals surface area contributed by atoms with Crippen LogP contribution in [0.3, 0.4) is 0 Å². The summed E-state index contributed by atoms with van der Waals surface area (Å²) in [5.41, 5.74) is 4.05. The van der Waals surface area contributed by atoms with Crippen LogP contribution < -0.4 is 15.5 Å². The Bertz CT molecular complexity index is 891. The first-order valence-electron chi connectivity index (χ1n) is 9.08. The maximum absolute atomic E-state index is 6.18. The number of hydrogen-bond donors (Lipinski definition) is 2. The van der Waals surface area contributed by atoms with Crippen molar-refractivity contribution >= 4 is 40.4 Å². The summed E-state index contributed by atoms with van der Waals surface area (Å²) in [5.74, 6) is 1.24. The monoisotopic (exact) mass is 381 g/mol. The number of rotatable bonds is 7. The number of aromatic nitrogens is 2. The third-order valence-electron chi connectivity index (χ3n) is 4.44. The largest absolute Gasteiger partial charge is 0.372 e. The summed E-state index contributed by atoms with van der Waals surface area (Å²) in [5, 5.41) is 7.26. The van der Waals surface area contributed by atoms with E-state index in [-0.39, 0.29) is 0 Å². The van der Waals surface area contributed by atoms with Gasteiger partial charge in [0.05, 0.1) is 0 Å². The van der Waals surface area contributed by atoms with Gasteiger partial charge in [-0.1, -0.05) is 17.7 Å². The number of nitrogens with one attached hydrogen (secondary N) is 2. The van der Waals surface area contributed by atoms with Gasteiger partial charge in [0.25, 0.3) is 0 Å². The van der Waals surface area contributed by atoms with Crippen molar-refractivity contribution in [2.75, 3.05) is 28.6 Å². The van der Waals surface area contributed by atoms with E-state index >= 15 is 0 Å². The van der Waals surface area contributed by atoms with Gasteiger partial charge in [-0.2, -0.15) is 4.98 Å². The van der Waals surface area contributed by atoms with Gasteiger partial charge in [-0.15, -0.1) is 0 Å². The van der Waals surface area contributed by atoms with E-state index in [1.165, 1.54) is 5.69 Å². The van der Waals surface area contributed by atoms with Crippen molar-refractivity contribution in [3.8, 4) is 0 Å². The van der Waals surface area contributed by atoms with E-state index in [2.05, 4.69) is 63.6 Å². The highest BCUT2D eigenvalue weighted by Crippen LogP contribution is 2.26. The Morgan fingerprint density at radius 2 is 1.70 bits per heavy atom. The van der Waals surface area contributed by atoms with Crippen LogP contribution >= 0.6 is 11.6 Å². The molecule has 0 aliphatic rings. The molecule has 0 bridgehead atoms. The summed E-state index contributed by atoms with van der Waals surface area (Å²) in [4.78, 5) is 11.1. The van der Waals surface area contributed by atoms with E-state index in [1.807, 2.05) is 31.2 Å². The first-order chi connectivity index (χ1) is 13.1. The highest BCUT2D eigenvalue weighted by atomic mass is 35.5. The highest BCUT2D eigenvalue weighted by molar-refractivity contribution is 6.31. The van der Waals surface area contributed by atoms with Crippen LogP contribution in [0.4, 0.5) is 28.8 Å². The zero-order chi connectivity index (χ0) is 19.2. The van der Waals surface area contributed by atoms with Gasteiger partial charge in [0.2, 0.25) is 5.95 Å². The third kappa shape index (κ3) is 4.68. The third-order valence-corrected chi connectivity index (χ3v) is 4.85. The molecular weight excluding hydrogens is 358 g/mol. The average molecular weight is 382 g/mol.